The molecule has 0 aliphatic heterocycles. The Balaban J connectivity index is 1.42. The number of carbonyl (C=O) groups is 3. The van der Waals surface area contributed by atoms with Gasteiger partial charge in [-0.3, -0.25) is 4.79 Å². The molecular weight excluding hydrogens is 468 g/mol. The lowest BCUT2D eigenvalue weighted by Gasteiger charge is -2.07. The van der Waals surface area contributed by atoms with Crippen molar-refractivity contribution in [3.63, 3.8) is 0 Å². The molecule has 1 heterocycles. The fourth-order valence-electron chi connectivity index (χ4n) is 3.58. The SMILES string of the molecule is CCOC(=O)c1ccc(OC(=O)c2c[nH]c3ccc(NC(=O)CCc4cccc(Cl)c4)cc23)cc1. The maximum Gasteiger partial charge on any atom is 0.345 e. The monoisotopic (exact) mass is 490 g/mol. The summed E-state index contributed by atoms with van der Waals surface area (Å²) in [6, 6.07) is 18.8. The van der Waals surface area contributed by atoms with Crippen molar-refractivity contribution < 1.29 is 23.9 Å². The molecule has 0 atom stereocenters. The first kappa shape index (κ1) is 24.0. The Kier molecular flexibility index (Phi) is 7.48. The summed E-state index contributed by atoms with van der Waals surface area (Å²) in [5.74, 6) is -0.859. The first-order chi connectivity index (χ1) is 16.9. The van der Waals surface area contributed by atoms with E-state index in [9.17, 15) is 14.4 Å². The number of benzene rings is 3. The highest BCUT2D eigenvalue weighted by Gasteiger charge is 2.16. The lowest BCUT2D eigenvalue weighted by molar-refractivity contribution is -0.116. The predicted molar refractivity (Wildman–Crippen MR) is 134 cm³/mol. The van der Waals surface area contributed by atoms with E-state index in [1.54, 1.807) is 37.4 Å². The summed E-state index contributed by atoms with van der Waals surface area (Å²) < 4.78 is 10.4. The van der Waals surface area contributed by atoms with E-state index in [1.807, 2.05) is 18.2 Å². The number of fused-ring (bicyclic) bond motifs is 1. The Morgan fingerprint density at radius 2 is 1.77 bits per heavy atom. The second-order valence-electron chi connectivity index (χ2n) is 7.78. The van der Waals surface area contributed by atoms with Crippen molar-refractivity contribution in [1.82, 2.24) is 4.98 Å². The van der Waals surface area contributed by atoms with Crippen molar-refractivity contribution in [2.24, 2.45) is 0 Å². The van der Waals surface area contributed by atoms with Crippen LogP contribution in [0.25, 0.3) is 10.9 Å². The molecule has 3 aromatic carbocycles. The number of nitrogens with one attached hydrogen (secondary N) is 2. The van der Waals surface area contributed by atoms with Gasteiger partial charge in [0.15, 0.2) is 0 Å². The zero-order chi connectivity index (χ0) is 24.8. The van der Waals surface area contributed by atoms with Crippen LogP contribution in [0.5, 0.6) is 5.75 Å². The molecule has 0 radical (unpaired) electrons. The minimum Gasteiger partial charge on any atom is -0.462 e. The van der Waals surface area contributed by atoms with E-state index in [0.29, 0.717) is 45.8 Å². The van der Waals surface area contributed by atoms with Gasteiger partial charge < -0.3 is 19.8 Å². The van der Waals surface area contributed by atoms with Crippen LogP contribution < -0.4 is 10.1 Å². The van der Waals surface area contributed by atoms with Gasteiger partial charge in [-0.1, -0.05) is 23.7 Å². The van der Waals surface area contributed by atoms with Gasteiger partial charge in [-0.05, 0) is 73.5 Å². The average Bonchev–Trinajstić information content (AvgIpc) is 3.27. The first-order valence-electron chi connectivity index (χ1n) is 11.1. The molecule has 0 spiro atoms. The average molecular weight is 491 g/mol. The van der Waals surface area contributed by atoms with Gasteiger partial charge in [0.2, 0.25) is 5.91 Å². The maximum atomic E-state index is 12.8. The van der Waals surface area contributed by atoms with Gasteiger partial charge in [0.25, 0.3) is 0 Å². The van der Waals surface area contributed by atoms with Crippen LogP contribution in [0.1, 0.15) is 39.6 Å². The van der Waals surface area contributed by atoms with Crippen molar-refractivity contribution in [3.05, 3.63) is 94.6 Å². The van der Waals surface area contributed by atoms with Gasteiger partial charge >= 0.3 is 11.9 Å². The summed E-state index contributed by atoms with van der Waals surface area (Å²) in [6.45, 7) is 2.01. The number of anilines is 1. The molecule has 35 heavy (non-hydrogen) atoms. The van der Waals surface area contributed by atoms with Crippen LogP contribution in [0, 0.1) is 0 Å². The number of aromatic nitrogens is 1. The molecule has 0 unspecified atom stereocenters. The van der Waals surface area contributed by atoms with E-state index in [4.69, 9.17) is 21.1 Å². The van der Waals surface area contributed by atoms with E-state index >= 15 is 0 Å². The molecule has 2 N–H and O–H groups in total. The number of hydrogen-bond acceptors (Lipinski definition) is 5. The Labute approximate surface area is 207 Å². The molecule has 178 valence electrons. The molecule has 0 fully saturated rings. The van der Waals surface area contributed by atoms with Crippen LogP contribution in [-0.2, 0) is 16.0 Å². The van der Waals surface area contributed by atoms with Crippen LogP contribution in [0.2, 0.25) is 5.02 Å². The number of ether oxygens (including phenoxy) is 2. The highest BCUT2D eigenvalue weighted by atomic mass is 35.5. The van der Waals surface area contributed by atoms with E-state index < -0.39 is 11.9 Å². The molecule has 4 rings (SSSR count). The van der Waals surface area contributed by atoms with E-state index in [0.717, 1.165) is 11.1 Å². The van der Waals surface area contributed by atoms with Gasteiger partial charge in [0.05, 0.1) is 17.7 Å². The second-order valence-corrected chi connectivity index (χ2v) is 8.21. The summed E-state index contributed by atoms with van der Waals surface area (Å²) in [5.41, 5.74) is 2.97. The molecule has 8 heteroatoms. The summed E-state index contributed by atoms with van der Waals surface area (Å²) in [5, 5.41) is 4.12. The summed E-state index contributed by atoms with van der Waals surface area (Å²) in [6.07, 6.45) is 2.41. The Morgan fingerprint density at radius 1 is 0.971 bits per heavy atom. The van der Waals surface area contributed by atoms with Crippen molar-refractivity contribution in [2.45, 2.75) is 19.8 Å². The predicted octanol–water partition coefficient (Wildman–Crippen LogP) is 5.79. The molecule has 0 saturated carbocycles. The maximum absolute atomic E-state index is 12.8. The number of aromatic amines is 1. The summed E-state index contributed by atoms with van der Waals surface area (Å²) >= 11 is 6.00. The van der Waals surface area contributed by atoms with E-state index in [1.165, 1.54) is 24.3 Å². The van der Waals surface area contributed by atoms with Gasteiger partial charge in [0.1, 0.15) is 5.75 Å². The number of rotatable bonds is 8. The lowest BCUT2D eigenvalue weighted by Crippen LogP contribution is -2.12. The van der Waals surface area contributed by atoms with Crippen LogP contribution in [0.3, 0.4) is 0 Å². The third-order valence-corrected chi connectivity index (χ3v) is 5.53. The summed E-state index contributed by atoms with van der Waals surface area (Å²) in [4.78, 5) is 40.1. The normalized spacial score (nSPS) is 10.7. The Morgan fingerprint density at radius 3 is 2.51 bits per heavy atom. The Bertz CT molecular complexity index is 1380. The number of halogens is 1. The zero-order valence-electron chi connectivity index (χ0n) is 19.0. The molecule has 1 aromatic heterocycles. The van der Waals surface area contributed by atoms with Crippen LogP contribution in [-0.4, -0.2) is 29.4 Å². The molecule has 7 nitrogen and oxygen atoms in total. The smallest absolute Gasteiger partial charge is 0.345 e. The quantitative estimate of drug-likeness (QED) is 0.241. The van der Waals surface area contributed by atoms with Crippen molar-refractivity contribution >= 4 is 46.0 Å². The highest BCUT2D eigenvalue weighted by Crippen LogP contribution is 2.24. The second kappa shape index (κ2) is 10.9. The highest BCUT2D eigenvalue weighted by molar-refractivity contribution is 6.30. The molecule has 1 amide bonds. The first-order valence-corrected chi connectivity index (χ1v) is 11.5. The number of amides is 1. The van der Waals surface area contributed by atoms with Gasteiger partial charge in [-0.25, -0.2) is 9.59 Å². The van der Waals surface area contributed by atoms with Crippen molar-refractivity contribution in [2.75, 3.05) is 11.9 Å². The molecule has 0 aliphatic rings. The molecule has 0 saturated heterocycles. The largest absolute Gasteiger partial charge is 0.462 e. The Hall–Kier alpha value is -4.10. The van der Waals surface area contributed by atoms with Crippen LogP contribution in [0.15, 0.2) is 72.9 Å². The van der Waals surface area contributed by atoms with Crippen molar-refractivity contribution in [1.29, 1.82) is 0 Å². The number of carbonyl (C=O) groups excluding carboxylic acids is 3. The zero-order valence-corrected chi connectivity index (χ0v) is 19.7. The molecular formula is C27H23ClN2O5. The van der Waals surface area contributed by atoms with Gasteiger partial charge in [-0.2, -0.15) is 0 Å². The summed E-state index contributed by atoms with van der Waals surface area (Å²) in [7, 11) is 0. The topological polar surface area (TPSA) is 97.5 Å². The molecule has 0 bridgehead atoms. The lowest BCUT2D eigenvalue weighted by atomic mass is 10.1. The minimum absolute atomic E-state index is 0.148. The van der Waals surface area contributed by atoms with Crippen LogP contribution >= 0.6 is 11.6 Å². The number of hydrogen-bond donors (Lipinski definition) is 2. The molecule has 0 aliphatic carbocycles. The standard InChI is InChI=1S/C27H23ClN2O5/c1-2-34-26(32)18-7-10-21(11-8-18)35-27(33)23-16-29-24-12-9-20(15-22(23)24)30-25(31)13-6-17-4-3-5-19(28)14-17/h3-5,7-12,14-16,29H,2,6,13H2,1H3,(H,30,31). The van der Waals surface area contributed by atoms with E-state index in [2.05, 4.69) is 10.3 Å². The minimum atomic E-state index is -0.565. The fraction of sp³-hybridized carbons (Fsp3) is 0.148. The van der Waals surface area contributed by atoms with Gasteiger partial charge in [-0.15, -0.1) is 0 Å². The van der Waals surface area contributed by atoms with E-state index in [-0.39, 0.29) is 12.5 Å². The number of aryl methyl sites for hydroxylation is 1. The van der Waals surface area contributed by atoms with Gasteiger partial charge in [0, 0.05) is 34.2 Å². The fourth-order valence-corrected chi connectivity index (χ4v) is 3.79. The number of H-pyrrole nitrogens is 1. The number of esters is 2. The van der Waals surface area contributed by atoms with Crippen molar-refractivity contribution in [3.8, 4) is 5.75 Å². The third-order valence-electron chi connectivity index (χ3n) is 5.29. The third kappa shape index (κ3) is 6.07. The van der Waals surface area contributed by atoms with Crippen LogP contribution in [0.4, 0.5) is 5.69 Å². The molecule has 4 aromatic rings.